The lowest BCUT2D eigenvalue weighted by molar-refractivity contribution is 0.581. The zero-order chi connectivity index (χ0) is 12.3. The molecule has 0 fully saturated rings. The molecule has 2 aromatic rings. The molecular weight excluding hydrogens is 218 g/mol. The first-order valence-corrected chi connectivity index (χ1v) is 5.19. The maximum Gasteiger partial charge on any atom is 0.141 e. The summed E-state index contributed by atoms with van der Waals surface area (Å²) in [7, 11) is 0. The molecule has 0 nitrogen and oxygen atoms in total. The van der Waals surface area contributed by atoms with E-state index in [2.05, 4.69) is 11.8 Å². The minimum Gasteiger partial charge on any atom is -0.207 e. The molecule has 0 heterocycles. The van der Waals surface area contributed by atoms with Crippen LogP contribution >= 0.6 is 0 Å². The average molecular weight is 228 g/mol. The van der Waals surface area contributed by atoms with Crippen LogP contribution in [0.4, 0.5) is 8.78 Å². The summed E-state index contributed by atoms with van der Waals surface area (Å²) in [6, 6.07) is 11.0. The second kappa shape index (κ2) is 4.80. The number of benzene rings is 2. The van der Waals surface area contributed by atoms with Crippen molar-refractivity contribution in [2.75, 3.05) is 0 Å². The average Bonchev–Trinajstić information content (AvgIpc) is 2.30. The Morgan fingerprint density at radius 1 is 0.882 bits per heavy atom. The minimum atomic E-state index is -0.635. The van der Waals surface area contributed by atoms with E-state index in [1.54, 1.807) is 0 Å². The van der Waals surface area contributed by atoms with Crippen LogP contribution in [-0.2, 0) is 0 Å². The third kappa shape index (κ3) is 2.92. The van der Waals surface area contributed by atoms with Gasteiger partial charge in [0, 0.05) is 11.6 Å². The number of hydrogen-bond acceptors (Lipinski definition) is 0. The fourth-order valence-corrected chi connectivity index (χ4v) is 1.37. The molecule has 0 saturated carbocycles. The fourth-order valence-electron chi connectivity index (χ4n) is 1.37. The van der Waals surface area contributed by atoms with Crippen molar-refractivity contribution < 1.29 is 8.78 Å². The summed E-state index contributed by atoms with van der Waals surface area (Å²) in [5, 5.41) is 0. The number of hydrogen-bond donors (Lipinski definition) is 0. The Bertz CT molecular complexity index is 587. The molecule has 0 unspecified atom stereocenters. The van der Waals surface area contributed by atoms with Gasteiger partial charge in [-0.1, -0.05) is 29.5 Å². The molecular formula is C15H10F2. The molecule has 0 aliphatic rings. The van der Waals surface area contributed by atoms with Gasteiger partial charge in [0.25, 0.3) is 0 Å². The van der Waals surface area contributed by atoms with Gasteiger partial charge < -0.3 is 0 Å². The molecule has 0 spiro atoms. The van der Waals surface area contributed by atoms with Crippen LogP contribution in [0.2, 0.25) is 0 Å². The summed E-state index contributed by atoms with van der Waals surface area (Å²) in [5.74, 6) is 4.29. The molecule has 0 radical (unpaired) electrons. The number of rotatable bonds is 0. The third-order valence-electron chi connectivity index (χ3n) is 2.32. The summed E-state index contributed by atoms with van der Waals surface area (Å²) in [6.45, 7) is 1.98. The zero-order valence-corrected chi connectivity index (χ0v) is 9.30. The van der Waals surface area contributed by atoms with Crippen LogP contribution in [0.25, 0.3) is 0 Å². The first-order valence-electron chi connectivity index (χ1n) is 5.19. The highest BCUT2D eigenvalue weighted by Gasteiger charge is 1.99. The van der Waals surface area contributed by atoms with Crippen molar-refractivity contribution in [3.05, 3.63) is 70.8 Å². The van der Waals surface area contributed by atoms with Crippen molar-refractivity contribution in [3.8, 4) is 11.8 Å². The monoisotopic (exact) mass is 228 g/mol. The SMILES string of the molecule is Cc1ccc(C#Cc2ccc(F)cc2F)cc1. The van der Waals surface area contributed by atoms with E-state index < -0.39 is 11.6 Å². The predicted octanol–water partition coefficient (Wildman–Crippen LogP) is 3.67. The highest BCUT2D eigenvalue weighted by atomic mass is 19.1. The molecule has 0 N–H and O–H groups in total. The van der Waals surface area contributed by atoms with Gasteiger partial charge in [-0.15, -0.1) is 0 Å². The summed E-state index contributed by atoms with van der Waals surface area (Å²) in [5.41, 5.74) is 2.15. The highest BCUT2D eigenvalue weighted by molar-refractivity contribution is 5.43. The van der Waals surface area contributed by atoms with Crippen molar-refractivity contribution in [1.29, 1.82) is 0 Å². The first-order chi connectivity index (χ1) is 8.15. The maximum absolute atomic E-state index is 13.3. The molecule has 0 bridgehead atoms. The Morgan fingerprint density at radius 3 is 2.24 bits per heavy atom. The lowest BCUT2D eigenvalue weighted by Gasteiger charge is -1.94. The van der Waals surface area contributed by atoms with E-state index in [1.807, 2.05) is 31.2 Å². The van der Waals surface area contributed by atoms with E-state index in [1.165, 1.54) is 12.1 Å². The van der Waals surface area contributed by atoms with Gasteiger partial charge >= 0.3 is 0 Å². The lowest BCUT2D eigenvalue weighted by atomic mass is 10.1. The molecule has 84 valence electrons. The van der Waals surface area contributed by atoms with Crippen molar-refractivity contribution in [3.63, 3.8) is 0 Å². The summed E-state index contributed by atoms with van der Waals surface area (Å²) in [4.78, 5) is 0. The van der Waals surface area contributed by atoms with E-state index in [9.17, 15) is 8.78 Å². The first kappa shape index (κ1) is 11.3. The van der Waals surface area contributed by atoms with Gasteiger partial charge in [-0.2, -0.15) is 0 Å². The largest absolute Gasteiger partial charge is 0.207 e. The van der Waals surface area contributed by atoms with E-state index in [-0.39, 0.29) is 5.56 Å². The molecule has 2 heteroatoms. The Kier molecular flexibility index (Phi) is 3.20. The van der Waals surface area contributed by atoms with E-state index >= 15 is 0 Å². The van der Waals surface area contributed by atoms with Crippen LogP contribution in [0.15, 0.2) is 42.5 Å². The molecule has 0 amide bonds. The summed E-state index contributed by atoms with van der Waals surface area (Å²) < 4.78 is 25.9. The molecule has 17 heavy (non-hydrogen) atoms. The van der Waals surface area contributed by atoms with Crippen LogP contribution in [0, 0.1) is 30.4 Å². The number of halogens is 2. The van der Waals surface area contributed by atoms with Crippen molar-refractivity contribution in [2.24, 2.45) is 0 Å². The van der Waals surface area contributed by atoms with Gasteiger partial charge in [-0.05, 0) is 31.2 Å². The predicted molar refractivity (Wildman–Crippen MR) is 63.5 cm³/mol. The smallest absolute Gasteiger partial charge is 0.141 e. The zero-order valence-electron chi connectivity index (χ0n) is 9.30. The molecule has 2 rings (SSSR count). The normalized spacial score (nSPS) is 9.59. The van der Waals surface area contributed by atoms with Gasteiger partial charge in [0.15, 0.2) is 0 Å². The summed E-state index contributed by atoms with van der Waals surface area (Å²) >= 11 is 0. The highest BCUT2D eigenvalue weighted by Crippen LogP contribution is 2.08. The van der Waals surface area contributed by atoms with Crippen LogP contribution in [0.5, 0.6) is 0 Å². The summed E-state index contributed by atoms with van der Waals surface area (Å²) in [6.07, 6.45) is 0. The van der Waals surface area contributed by atoms with Gasteiger partial charge in [0.05, 0.1) is 5.56 Å². The van der Waals surface area contributed by atoms with Gasteiger partial charge in [0.1, 0.15) is 11.6 Å². The molecule has 0 aliphatic carbocycles. The van der Waals surface area contributed by atoms with E-state index in [0.717, 1.165) is 17.2 Å². The van der Waals surface area contributed by atoms with Crippen molar-refractivity contribution in [2.45, 2.75) is 6.92 Å². The topological polar surface area (TPSA) is 0 Å². The Balaban J connectivity index is 2.29. The van der Waals surface area contributed by atoms with E-state index in [4.69, 9.17) is 0 Å². The minimum absolute atomic E-state index is 0.201. The van der Waals surface area contributed by atoms with Crippen LogP contribution in [0.3, 0.4) is 0 Å². The Morgan fingerprint density at radius 2 is 1.59 bits per heavy atom. The second-order valence-electron chi connectivity index (χ2n) is 3.74. The quantitative estimate of drug-likeness (QED) is 0.603. The van der Waals surface area contributed by atoms with Crippen molar-refractivity contribution in [1.82, 2.24) is 0 Å². The third-order valence-corrected chi connectivity index (χ3v) is 2.32. The van der Waals surface area contributed by atoms with Crippen LogP contribution < -0.4 is 0 Å². The number of aryl methyl sites for hydroxylation is 1. The van der Waals surface area contributed by atoms with Crippen LogP contribution in [0.1, 0.15) is 16.7 Å². The lowest BCUT2D eigenvalue weighted by Crippen LogP contribution is -1.85. The Hall–Kier alpha value is -2.14. The Labute approximate surface area is 98.9 Å². The molecule has 0 saturated heterocycles. The van der Waals surface area contributed by atoms with Crippen LogP contribution in [-0.4, -0.2) is 0 Å². The van der Waals surface area contributed by atoms with E-state index in [0.29, 0.717) is 0 Å². The van der Waals surface area contributed by atoms with Gasteiger partial charge in [0.2, 0.25) is 0 Å². The molecule has 0 aromatic heterocycles. The molecule has 0 atom stereocenters. The van der Waals surface area contributed by atoms with Crippen molar-refractivity contribution >= 4 is 0 Å². The molecule has 2 aromatic carbocycles. The maximum atomic E-state index is 13.3. The fraction of sp³-hybridized carbons (Fsp3) is 0.0667. The standard InChI is InChI=1S/C15H10F2/c1-11-2-4-12(5-3-11)6-7-13-8-9-14(16)10-15(13)17/h2-5,8-10H,1H3. The second-order valence-corrected chi connectivity index (χ2v) is 3.74. The molecule has 0 aliphatic heterocycles. The van der Waals surface area contributed by atoms with Gasteiger partial charge in [-0.3, -0.25) is 0 Å². The van der Waals surface area contributed by atoms with Gasteiger partial charge in [-0.25, -0.2) is 8.78 Å².